The zero-order valence-electron chi connectivity index (χ0n) is 11.8. The largest absolute Gasteiger partial charge is 0.508 e. The van der Waals surface area contributed by atoms with Gasteiger partial charge in [0.05, 0.1) is 7.11 Å². The standard InChI is InChI=1S/C14H26O3/c1-10(2)14(11(3)4)8-6-12(7-9-14)17-13(15)16-5/h10-12H,6-9H2,1-5H3. The number of hydrogen-bond donors (Lipinski definition) is 0. The van der Waals surface area contributed by atoms with E-state index in [1.54, 1.807) is 0 Å². The fourth-order valence-electron chi connectivity index (χ4n) is 3.25. The minimum absolute atomic E-state index is 0.0491. The van der Waals surface area contributed by atoms with Crippen molar-refractivity contribution in [3.8, 4) is 0 Å². The Morgan fingerprint density at radius 1 is 1.12 bits per heavy atom. The molecule has 0 spiro atoms. The maximum atomic E-state index is 11.1. The first-order valence-corrected chi connectivity index (χ1v) is 6.67. The molecule has 0 aromatic rings. The van der Waals surface area contributed by atoms with E-state index in [0.29, 0.717) is 17.3 Å². The molecule has 0 saturated heterocycles. The molecule has 0 unspecified atom stereocenters. The molecule has 0 amide bonds. The van der Waals surface area contributed by atoms with E-state index in [1.165, 1.54) is 7.11 Å². The van der Waals surface area contributed by atoms with Gasteiger partial charge < -0.3 is 9.47 Å². The fraction of sp³-hybridized carbons (Fsp3) is 0.929. The molecule has 100 valence electrons. The highest BCUT2D eigenvalue weighted by Crippen LogP contribution is 2.48. The molecule has 1 aliphatic rings. The number of ether oxygens (including phenoxy) is 2. The van der Waals surface area contributed by atoms with Crippen LogP contribution in [-0.4, -0.2) is 19.4 Å². The van der Waals surface area contributed by atoms with Gasteiger partial charge in [-0.2, -0.15) is 0 Å². The van der Waals surface area contributed by atoms with Gasteiger partial charge in [0, 0.05) is 0 Å². The second-order valence-corrected chi connectivity index (χ2v) is 5.81. The van der Waals surface area contributed by atoms with E-state index in [0.717, 1.165) is 25.7 Å². The third-order valence-electron chi connectivity index (χ3n) is 4.59. The Balaban J connectivity index is 2.56. The Morgan fingerprint density at radius 3 is 1.94 bits per heavy atom. The van der Waals surface area contributed by atoms with Crippen LogP contribution in [0.1, 0.15) is 53.4 Å². The van der Waals surface area contributed by atoms with Gasteiger partial charge in [0.15, 0.2) is 0 Å². The van der Waals surface area contributed by atoms with E-state index >= 15 is 0 Å². The third-order valence-corrected chi connectivity index (χ3v) is 4.59. The van der Waals surface area contributed by atoms with Crippen LogP contribution in [0.3, 0.4) is 0 Å². The molecular formula is C14H26O3. The Kier molecular flexibility index (Phi) is 4.84. The number of carbonyl (C=O) groups is 1. The summed E-state index contributed by atoms with van der Waals surface area (Å²) >= 11 is 0. The van der Waals surface area contributed by atoms with Gasteiger partial charge >= 0.3 is 6.16 Å². The van der Waals surface area contributed by atoms with Crippen molar-refractivity contribution in [1.82, 2.24) is 0 Å². The second kappa shape index (κ2) is 5.74. The average molecular weight is 242 g/mol. The molecule has 0 heterocycles. The monoisotopic (exact) mass is 242 g/mol. The van der Waals surface area contributed by atoms with Crippen molar-refractivity contribution >= 4 is 6.16 Å². The summed E-state index contributed by atoms with van der Waals surface area (Å²) < 4.78 is 9.77. The van der Waals surface area contributed by atoms with Gasteiger partial charge in [-0.05, 0) is 42.9 Å². The van der Waals surface area contributed by atoms with Gasteiger partial charge in [-0.3, -0.25) is 0 Å². The Bertz CT molecular complexity index is 240. The predicted octanol–water partition coefficient (Wildman–Crippen LogP) is 4.01. The normalized spacial score (nSPS) is 20.6. The summed E-state index contributed by atoms with van der Waals surface area (Å²) in [6.07, 6.45) is 3.72. The molecule has 0 radical (unpaired) electrons. The minimum Gasteiger partial charge on any atom is -0.438 e. The summed E-state index contributed by atoms with van der Waals surface area (Å²) in [6, 6.07) is 0. The molecule has 1 aliphatic carbocycles. The zero-order chi connectivity index (χ0) is 13.1. The van der Waals surface area contributed by atoms with Crippen LogP contribution < -0.4 is 0 Å². The van der Waals surface area contributed by atoms with Crippen LogP contribution in [0.5, 0.6) is 0 Å². The quantitative estimate of drug-likeness (QED) is 0.701. The van der Waals surface area contributed by atoms with E-state index in [1.807, 2.05) is 0 Å². The molecule has 0 aliphatic heterocycles. The fourth-order valence-corrected chi connectivity index (χ4v) is 3.25. The second-order valence-electron chi connectivity index (χ2n) is 5.81. The van der Waals surface area contributed by atoms with Crippen molar-refractivity contribution in [3.63, 3.8) is 0 Å². The first-order valence-electron chi connectivity index (χ1n) is 6.67. The van der Waals surface area contributed by atoms with E-state index in [9.17, 15) is 4.79 Å². The van der Waals surface area contributed by atoms with Gasteiger partial charge in [0.1, 0.15) is 6.10 Å². The van der Waals surface area contributed by atoms with Crippen LogP contribution >= 0.6 is 0 Å². The SMILES string of the molecule is COC(=O)OC1CCC(C(C)C)(C(C)C)CC1. The number of rotatable bonds is 3. The Hall–Kier alpha value is -0.730. The van der Waals surface area contributed by atoms with Gasteiger partial charge in [-0.25, -0.2) is 4.79 Å². The molecule has 0 atom stereocenters. The van der Waals surface area contributed by atoms with E-state index in [-0.39, 0.29) is 6.10 Å². The van der Waals surface area contributed by atoms with Crippen LogP contribution in [0.4, 0.5) is 4.79 Å². The zero-order valence-corrected chi connectivity index (χ0v) is 11.8. The van der Waals surface area contributed by atoms with Gasteiger partial charge in [-0.1, -0.05) is 27.7 Å². The third kappa shape index (κ3) is 3.14. The Morgan fingerprint density at radius 2 is 1.59 bits per heavy atom. The predicted molar refractivity (Wildman–Crippen MR) is 67.9 cm³/mol. The van der Waals surface area contributed by atoms with Crippen molar-refractivity contribution in [2.45, 2.75) is 59.5 Å². The van der Waals surface area contributed by atoms with E-state index < -0.39 is 6.16 Å². The first kappa shape index (κ1) is 14.3. The minimum atomic E-state index is -0.545. The molecule has 1 rings (SSSR count). The van der Waals surface area contributed by atoms with Crippen LogP contribution in [0, 0.1) is 17.3 Å². The smallest absolute Gasteiger partial charge is 0.438 e. The molecule has 17 heavy (non-hydrogen) atoms. The molecule has 0 aromatic carbocycles. The summed E-state index contributed by atoms with van der Waals surface area (Å²) in [5.74, 6) is 1.36. The first-order chi connectivity index (χ1) is 7.92. The summed E-state index contributed by atoms with van der Waals surface area (Å²) in [5.41, 5.74) is 0.413. The summed E-state index contributed by atoms with van der Waals surface area (Å²) in [4.78, 5) is 11.1. The molecule has 0 N–H and O–H groups in total. The molecular weight excluding hydrogens is 216 g/mol. The average Bonchev–Trinajstić information content (AvgIpc) is 2.29. The lowest BCUT2D eigenvalue weighted by Gasteiger charge is -2.46. The highest BCUT2D eigenvalue weighted by Gasteiger charge is 2.41. The van der Waals surface area contributed by atoms with Crippen LogP contribution in [0.25, 0.3) is 0 Å². The van der Waals surface area contributed by atoms with E-state index in [4.69, 9.17) is 4.74 Å². The highest BCUT2D eigenvalue weighted by atomic mass is 16.7. The lowest BCUT2D eigenvalue weighted by molar-refractivity contribution is -0.0259. The lowest BCUT2D eigenvalue weighted by Crippen LogP contribution is -2.39. The number of carbonyl (C=O) groups excluding carboxylic acids is 1. The van der Waals surface area contributed by atoms with Crippen molar-refractivity contribution in [2.24, 2.45) is 17.3 Å². The van der Waals surface area contributed by atoms with Crippen LogP contribution in [0.2, 0.25) is 0 Å². The van der Waals surface area contributed by atoms with Gasteiger partial charge in [0.2, 0.25) is 0 Å². The lowest BCUT2D eigenvalue weighted by atomic mass is 9.60. The maximum Gasteiger partial charge on any atom is 0.508 e. The van der Waals surface area contributed by atoms with Crippen molar-refractivity contribution in [2.75, 3.05) is 7.11 Å². The summed E-state index contributed by atoms with van der Waals surface area (Å²) in [6.45, 7) is 9.23. The van der Waals surface area contributed by atoms with Crippen molar-refractivity contribution < 1.29 is 14.3 Å². The topological polar surface area (TPSA) is 35.5 Å². The van der Waals surface area contributed by atoms with Crippen molar-refractivity contribution in [3.05, 3.63) is 0 Å². The molecule has 1 saturated carbocycles. The maximum absolute atomic E-state index is 11.1. The molecule has 3 nitrogen and oxygen atoms in total. The van der Waals surface area contributed by atoms with Gasteiger partial charge in [-0.15, -0.1) is 0 Å². The van der Waals surface area contributed by atoms with Gasteiger partial charge in [0.25, 0.3) is 0 Å². The summed E-state index contributed by atoms with van der Waals surface area (Å²) in [5, 5.41) is 0. The summed E-state index contributed by atoms with van der Waals surface area (Å²) in [7, 11) is 1.36. The van der Waals surface area contributed by atoms with Crippen LogP contribution in [0.15, 0.2) is 0 Å². The molecule has 1 fully saturated rings. The molecule has 3 heteroatoms. The van der Waals surface area contributed by atoms with Crippen molar-refractivity contribution in [1.29, 1.82) is 0 Å². The Labute approximate surface area is 105 Å². The number of methoxy groups -OCH3 is 1. The highest BCUT2D eigenvalue weighted by molar-refractivity contribution is 5.59. The van der Waals surface area contributed by atoms with E-state index in [2.05, 4.69) is 32.4 Å². The number of hydrogen-bond acceptors (Lipinski definition) is 3. The van der Waals surface area contributed by atoms with Crippen LogP contribution in [-0.2, 0) is 9.47 Å². The molecule has 0 bridgehead atoms. The molecule has 0 aromatic heterocycles.